The molecular formula is C14H14N3O2+. The van der Waals surface area contributed by atoms with E-state index in [-0.39, 0.29) is 5.84 Å². The van der Waals surface area contributed by atoms with Gasteiger partial charge in [0.05, 0.1) is 0 Å². The quantitative estimate of drug-likeness (QED) is 0.389. The Balaban J connectivity index is 2.09. The molecule has 0 fully saturated rings. The number of nitrogens with one attached hydrogen (secondary N) is 1. The van der Waals surface area contributed by atoms with E-state index in [1.165, 1.54) is 6.20 Å². The first kappa shape index (κ1) is 12.8. The summed E-state index contributed by atoms with van der Waals surface area (Å²) in [4.78, 5) is 19.2. The number of nitrogens with two attached hydrogens (primary N) is 1. The highest BCUT2D eigenvalue weighted by atomic mass is 16.7. The standard InChI is InChI=1S/C14H13N3O2/c1-10-4-2-5-11(8-10)13(15)17-19-14(18)12-6-3-7-16-9-12/h2-9H,1H3,(H2,15,17)/p+1. The molecule has 2 aromatic rings. The van der Waals surface area contributed by atoms with Gasteiger partial charge >= 0.3 is 5.97 Å². The first-order valence-corrected chi connectivity index (χ1v) is 5.75. The Labute approximate surface area is 110 Å². The molecule has 1 aromatic carbocycles. The maximum Gasteiger partial charge on any atom is 0.371 e. The van der Waals surface area contributed by atoms with Gasteiger partial charge in [0.15, 0.2) is 18.2 Å². The average molecular weight is 256 g/mol. The molecule has 2 rings (SSSR count). The van der Waals surface area contributed by atoms with Crippen LogP contribution in [-0.2, 0) is 4.84 Å². The highest BCUT2D eigenvalue weighted by Crippen LogP contribution is 2.04. The Morgan fingerprint density at radius 2 is 2.05 bits per heavy atom. The SMILES string of the molecule is Cc1cccc(C(N)=NOC(=O)c2ccc[nH+]c2)c1. The molecule has 0 saturated heterocycles. The Bertz CT molecular complexity index is 609. The van der Waals surface area contributed by atoms with Crippen LogP contribution in [0.3, 0.4) is 0 Å². The lowest BCUT2D eigenvalue weighted by Crippen LogP contribution is -2.16. The monoisotopic (exact) mass is 256 g/mol. The molecule has 0 aliphatic rings. The number of oxime groups is 1. The van der Waals surface area contributed by atoms with Gasteiger partial charge in [0.1, 0.15) is 5.56 Å². The molecule has 0 spiro atoms. The lowest BCUT2D eigenvalue weighted by atomic mass is 10.1. The van der Waals surface area contributed by atoms with Crippen molar-refractivity contribution in [3.63, 3.8) is 0 Å². The van der Waals surface area contributed by atoms with E-state index in [1.54, 1.807) is 24.4 Å². The summed E-state index contributed by atoms with van der Waals surface area (Å²) < 4.78 is 0. The molecule has 0 aliphatic carbocycles. The minimum Gasteiger partial charge on any atom is -0.380 e. The highest BCUT2D eigenvalue weighted by Gasteiger charge is 2.09. The first-order chi connectivity index (χ1) is 9.16. The molecule has 3 N–H and O–H groups in total. The zero-order valence-corrected chi connectivity index (χ0v) is 10.5. The molecule has 1 heterocycles. The van der Waals surface area contributed by atoms with Gasteiger partial charge < -0.3 is 10.6 Å². The van der Waals surface area contributed by atoms with Crippen molar-refractivity contribution in [1.29, 1.82) is 0 Å². The van der Waals surface area contributed by atoms with E-state index in [0.717, 1.165) is 5.56 Å². The lowest BCUT2D eigenvalue weighted by Gasteiger charge is -2.01. The van der Waals surface area contributed by atoms with Crippen molar-refractivity contribution in [1.82, 2.24) is 0 Å². The van der Waals surface area contributed by atoms with Gasteiger partial charge in [-0.2, -0.15) is 0 Å². The predicted molar refractivity (Wildman–Crippen MR) is 70.3 cm³/mol. The number of nitrogens with zero attached hydrogens (tertiary/aromatic N) is 1. The number of aromatic amines is 1. The van der Waals surface area contributed by atoms with Gasteiger partial charge in [-0.3, -0.25) is 0 Å². The molecular weight excluding hydrogens is 242 g/mol. The normalized spacial score (nSPS) is 11.1. The summed E-state index contributed by atoms with van der Waals surface area (Å²) in [6.07, 6.45) is 3.22. The van der Waals surface area contributed by atoms with Crippen molar-refractivity contribution in [3.05, 3.63) is 65.5 Å². The van der Waals surface area contributed by atoms with E-state index in [0.29, 0.717) is 11.1 Å². The average Bonchev–Trinajstić information content (AvgIpc) is 2.45. The van der Waals surface area contributed by atoms with E-state index in [4.69, 9.17) is 10.6 Å². The molecule has 0 saturated carbocycles. The summed E-state index contributed by atoms with van der Waals surface area (Å²) in [5, 5.41) is 3.64. The molecule has 5 heteroatoms. The summed E-state index contributed by atoms with van der Waals surface area (Å²) in [6.45, 7) is 1.95. The minimum atomic E-state index is -0.563. The van der Waals surface area contributed by atoms with Gasteiger partial charge in [-0.1, -0.05) is 28.9 Å². The molecule has 5 nitrogen and oxygen atoms in total. The van der Waals surface area contributed by atoms with Crippen LogP contribution in [0.1, 0.15) is 21.5 Å². The second-order valence-electron chi connectivity index (χ2n) is 4.02. The fourth-order valence-electron chi connectivity index (χ4n) is 1.52. The van der Waals surface area contributed by atoms with Crippen LogP contribution in [0.25, 0.3) is 0 Å². The van der Waals surface area contributed by atoms with Crippen molar-refractivity contribution < 1.29 is 14.6 Å². The van der Waals surface area contributed by atoms with Crippen LogP contribution in [0, 0.1) is 6.92 Å². The second kappa shape index (κ2) is 5.77. The predicted octanol–water partition coefficient (Wildman–Crippen LogP) is 1.29. The lowest BCUT2D eigenvalue weighted by molar-refractivity contribution is -0.378. The summed E-state index contributed by atoms with van der Waals surface area (Å²) in [5.41, 5.74) is 7.90. The number of hydrogen-bond donors (Lipinski definition) is 1. The summed E-state index contributed by atoms with van der Waals surface area (Å²) >= 11 is 0. The number of pyridine rings is 1. The summed E-state index contributed by atoms with van der Waals surface area (Å²) in [6, 6.07) is 10.8. The van der Waals surface area contributed by atoms with E-state index < -0.39 is 5.97 Å². The highest BCUT2D eigenvalue weighted by molar-refractivity contribution is 5.98. The van der Waals surface area contributed by atoms with Gasteiger partial charge in [0.2, 0.25) is 0 Å². The van der Waals surface area contributed by atoms with E-state index in [2.05, 4.69) is 10.1 Å². The number of benzene rings is 1. The van der Waals surface area contributed by atoms with Crippen molar-refractivity contribution in [2.75, 3.05) is 0 Å². The van der Waals surface area contributed by atoms with Crippen LogP contribution in [0.4, 0.5) is 0 Å². The van der Waals surface area contributed by atoms with Crippen molar-refractivity contribution >= 4 is 11.8 Å². The van der Waals surface area contributed by atoms with Crippen molar-refractivity contribution in [2.24, 2.45) is 10.9 Å². The topological polar surface area (TPSA) is 78.8 Å². The van der Waals surface area contributed by atoms with E-state index in [1.807, 2.05) is 25.1 Å². The number of hydrogen-bond acceptors (Lipinski definition) is 3. The molecule has 1 aromatic heterocycles. The number of rotatable bonds is 3. The molecule has 0 atom stereocenters. The molecule has 0 radical (unpaired) electrons. The Morgan fingerprint density at radius 3 is 2.74 bits per heavy atom. The van der Waals surface area contributed by atoms with Gasteiger partial charge in [0.25, 0.3) is 0 Å². The van der Waals surface area contributed by atoms with Crippen LogP contribution in [0.15, 0.2) is 53.9 Å². The smallest absolute Gasteiger partial charge is 0.371 e. The number of carbonyl (C=O) groups is 1. The maximum absolute atomic E-state index is 11.6. The van der Waals surface area contributed by atoms with Gasteiger partial charge in [-0.05, 0) is 19.1 Å². The van der Waals surface area contributed by atoms with E-state index in [9.17, 15) is 4.79 Å². The number of H-pyrrole nitrogens is 1. The van der Waals surface area contributed by atoms with Crippen molar-refractivity contribution in [3.8, 4) is 0 Å². The molecule has 96 valence electrons. The molecule has 19 heavy (non-hydrogen) atoms. The maximum atomic E-state index is 11.6. The fourth-order valence-corrected chi connectivity index (χ4v) is 1.52. The summed E-state index contributed by atoms with van der Waals surface area (Å²) in [7, 11) is 0. The van der Waals surface area contributed by atoms with Crippen LogP contribution >= 0.6 is 0 Å². The second-order valence-corrected chi connectivity index (χ2v) is 4.02. The number of amidine groups is 1. The van der Waals surface area contributed by atoms with Crippen LogP contribution in [0.2, 0.25) is 0 Å². The first-order valence-electron chi connectivity index (χ1n) is 5.75. The molecule has 0 bridgehead atoms. The zero-order valence-electron chi connectivity index (χ0n) is 10.5. The third-order valence-electron chi connectivity index (χ3n) is 2.48. The van der Waals surface area contributed by atoms with Gasteiger partial charge in [0, 0.05) is 11.6 Å². The molecule has 0 amide bonds. The van der Waals surface area contributed by atoms with Crippen molar-refractivity contribution in [2.45, 2.75) is 6.92 Å². The van der Waals surface area contributed by atoms with Crippen LogP contribution in [-0.4, -0.2) is 11.8 Å². The van der Waals surface area contributed by atoms with Gasteiger partial charge in [-0.25, -0.2) is 9.78 Å². The molecule has 0 unspecified atom stereocenters. The fraction of sp³-hybridized carbons (Fsp3) is 0.0714. The number of carbonyl (C=O) groups excluding carboxylic acids is 1. The number of aromatic nitrogens is 1. The minimum absolute atomic E-state index is 0.164. The summed E-state index contributed by atoms with van der Waals surface area (Å²) in [5.74, 6) is -0.399. The van der Waals surface area contributed by atoms with E-state index >= 15 is 0 Å². The zero-order chi connectivity index (χ0) is 13.7. The third kappa shape index (κ3) is 3.38. The Kier molecular flexibility index (Phi) is 3.87. The Hall–Kier alpha value is -2.69. The van der Waals surface area contributed by atoms with Crippen LogP contribution in [0.5, 0.6) is 0 Å². The van der Waals surface area contributed by atoms with Crippen LogP contribution < -0.4 is 10.7 Å². The number of aryl methyl sites for hydroxylation is 1. The third-order valence-corrected chi connectivity index (χ3v) is 2.48. The van der Waals surface area contributed by atoms with Gasteiger partial charge in [-0.15, -0.1) is 0 Å². The molecule has 0 aliphatic heterocycles. The Morgan fingerprint density at radius 1 is 1.26 bits per heavy atom. The largest absolute Gasteiger partial charge is 0.380 e.